The molecule has 7 aromatic carbocycles. The fourth-order valence-electron chi connectivity index (χ4n) is 8.56. The molecule has 2 heterocycles. The van der Waals surface area contributed by atoms with Gasteiger partial charge in [-0.05, 0) is 74.5 Å². The molecule has 2 aromatic heterocycles. The van der Waals surface area contributed by atoms with Gasteiger partial charge in [0.1, 0.15) is 0 Å². The second-order valence-corrected chi connectivity index (χ2v) is 15.7. The van der Waals surface area contributed by atoms with E-state index in [9.17, 15) is 0 Å². The van der Waals surface area contributed by atoms with Gasteiger partial charge in [0, 0.05) is 33.2 Å². The Balaban J connectivity index is 1.08. The lowest BCUT2D eigenvalue weighted by molar-refractivity contribution is 0.299. The molecule has 0 fully saturated rings. The first kappa shape index (κ1) is 33.0. The Morgan fingerprint density at radius 1 is 0.364 bits per heavy atom. The molecule has 0 atom stereocenters. The van der Waals surface area contributed by atoms with Crippen LogP contribution in [0.2, 0.25) is 0 Å². The number of benzene rings is 7. The summed E-state index contributed by atoms with van der Waals surface area (Å²) >= 11 is 0. The molecule has 0 aliphatic heterocycles. The van der Waals surface area contributed by atoms with E-state index in [1.165, 1.54) is 38.6 Å². The van der Waals surface area contributed by atoms with E-state index in [4.69, 9.17) is 15.0 Å². The van der Waals surface area contributed by atoms with Crippen molar-refractivity contribution in [2.45, 2.75) is 38.5 Å². The molecule has 0 N–H and O–H groups in total. The van der Waals surface area contributed by atoms with E-state index >= 15 is 0 Å². The number of para-hydroxylation sites is 2. The third-order valence-electron chi connectivity index (χ3n) is 12.2. The summed E-state index contributed by atoms with van der Waals surface area (Å²) in [5.41, 5.74) is 14.0. The van der Waals surface area contributed by atoms with Crippen LogP contribution in [0.4, 0.5) is 0 Å². The van der Waals surface area contributed by atoms with Gasteiger partial charge in [0.05, 0.1) is 11.0 Å². The number of nitrogens with zero attached hydrogens (tertiary/aromatic N) is 4. The highest BCUT2D eigenvalue weighted by Gasteiger charge is 2.45. The molecule has 10 rings (SSSR count). The largest absolute Gasteiger partial charge is 0.309 e. The zero-order chi connectivity index (χ0) is 37.3. The standard InChI is InChI=1S/C51H40N4/c1-50(2)43-21-13-11-19-39(43)42-31-36(28-30-44(42)51(50,3)4)33-23-25-35(26-24-33)48-52-47(34-15-7-5-8-16-34)53-49(54-48)37-27-29-41-40-20-12-14-22-45(40)55(46(41)32-37)38-17-9-6-10-18-38/h5-32H,1-4H3. The minimum atomic E-state index is -0.0193. The van der Waals surface area contributed by atoms with Crippen LogP contribution in [-0.2, 0) is 10.8 Å². The summed E-state index contributed by atoms with van der Waals surface area (Å²) in [6, 6.07) is 60.4. The van der Waals surface area contributed by atoms with Crippen molar-refractivity contribution in [3.05, 3.63) is 181 Å². The maximum absolute atomic E-state index is 5.15. The smallest absolute Gasteiger partial charge is 0.164 e. The molecule has 0 bridgehead atoms. The summed E-state index contributed by atoms with van der Waals surface area (Å²) in [5, 5.41) is 2.40. The number of fused-ring (bicyclic) bond motifs is 6. The fraction of sp³-hybridized carbons (Fsp3) is 0.118. The highest BCUT2D eigenvalue weighted by molar-refractivity contribution is 6.10. The minimum Gasteiger partial charge on any atom is -0.309 e. The van der Waals surface area contributed by atoms with Gasteiger partial charge in [-0.2, -0.15) is 0 Å². The third kappa shape index (κ3) is 5.24. The predicted octanol–water partition coefficient (Wildman–Crippen LogP) is 12.9. The fourth-order valence-corrected chi connectivity index (χ4v) is 8.56. The molecule has 0 radical (unpaired) electrons. The maximum Gasteiger partial charge on any atom is 0.164 e. The monoisotopic (exact) mass is 708 g/mol. The molecule has 0 unspecified atom stereocenters. The first-order chi connectivity index (χ1) is 26.8. The lowest BCUT2D eigenvalue weighted by Gasteiger charge is -2.48. The van der Waals surface area contributed by atoms with Crippen LogP contribution in [0.25, 0.3) is 83.9 Å². The average molecular weight is 709 g/mol. The van der Waals surface area contributed by atoms with E-state index in [-0.39, 0.29) is 10.8 Å². The molecule has 9 aromatic rings. The van der Waals surface area contributed by atoms with Gasteiger partial charge >= 0.3 is 0 Å². The molecular weight excluding hydrogens is 669 g/mol. The van der Waals surface area contributed by atoms with Gasteiger partial charge in [-0.15, -0.1) is 0 Å². The summed E-state index contributed by atoms with van der Waals surface area (Å²) in [6.07, 6.45) is 0. The van der Waals surface area contributed by atoms with E-state index in [0.29, 0.717) is 17.5 Å². The highest BCUT2D eigenvalue weighted by Crippen LogP contribution is 2.54. The van der Waals surface area contributed by atoms with E-state index in [2.05, 4.69) is 184 Å². The second kappa shape index (κ2) is 12.5. The molecule has 1 aliphatic carbocycles. The number of hydrogen-bond acceptors (Lipinski definition) is 3. The molecule has 0 saturated carbocycles. The van der Waals surface area contributed by atoms with Crippen LogP contribution in [0.1, 0.15) is 38.8 Å². The molecule has 4 nitrogen and oxygen atoms in total. The summed E-state index contributed by atoms with van der Waals surface area (Å²) in [6.45, 7) is 9.51. The Bertz CT molecular complexity index is 2900. The van der Waals surface area contributed by atoms with Crippen molar-refractivity contribution >= 4 is 21.8 Å². The average Bonchev–Trinajstić information content (AvgIpc) is 3.57. The molecule has 264 valence electrons. The van der Waals surface area contributed by atoms with Gasteiger partial charge in [-0.25, -0.2) is 15.0 Å². The molecule has 0 saturated heterocycles. The van der Waals surface area contributed by atoms with Crippen LogP contribution in [0.15, 0.2) is 170 Å². The minimum absolute atomic E-state index is 0.00776. The van der Waals surface area contributed by atoms with Crippen molar-refractivity contribution in [1.29, 1.82) is 0 Å². The van der Waals surface area contributed by atoms with Crippen LogP contribution in [0.3, 0.4) is 0 Å². The molecule has 1 aliphatic rings. The van der Waals surface area contributed by atoms with Crippen molar-refractivity contribution in [1.82, 2.24) is 19.5 Å². The van der Waals surface area contributed by atoms with Gasteiger partial charge in [-0.1, -0.05) is 167 Å². The van der Waals surface area contributed by atoms with E-state index in [1.54, 1.807) is 0 Å². The van der Waals surface area contributed by atoms with Gasteiger partial charge in [-0.3, -0.25) is 0 Å². The summed E-state index contributed by atoms with van der Waals surface area (Å²) in [7, 11) is 0. The van der Waals surface area contributed by atoms with Gasteiger partial charge in [0.2, 0.25) is 0 Å². The van der Waals surface area contributed by atoms with Gasteiger partial charge in [0.25, 0.3) is 0 Å². The zero-order valence-corrected chi connectivity index (χ0v) is 31.5. The lowest BCUT2D eigenvalue weighted by atomic mass is 9.55. The van der Waals surface area contributed by atoms with Crippen LogP contribution < -0.4 is 0 Å². The summed E-state index contributed by atoms with van der Waals surface area (Å²) < 4.78 is 2.33. The predicted molar refractivity (Wildman–Crippen MR) is 227 cm³/mol. The van der Waals surface area contributed by atoms with E-state index < -0.39 is 0 Å². The molecule has 0 spiro atoms. The Morgan fingerprint density at radius 3 is 1.60 bits per heavy atom. The second-order valence-electron chi connectivity index (χ2n) is 15.7. The summed E-state index contributed by atoms with van der Waals surface area (Å²) in [4.78, 5) is 15.3. The zero-order valence-electron chi connectivity index (χ0n) is 31.5. The topological polar surface area (TPSA) is 43.6 Å². The Hall–Kier alpha value is -6.65. The first-order valence-electron chi connectivity index (χ1n) is 19.0. The maximum atomic E-state index is 5.15. The molecule has 55 heavy (non-hydrogen) atoms. The van der Waals surface area contributed by atoms with Crippen LogP contribution in [0, 0.1) is 0 Å². The van der Waals surface area contributed by atoms with Crippen molar-refractivity contribution in [3.63, 3.8) is 0 Å². The normalized spacial score (nSPS) is 14.1. The Kier molecular flexibility index (Phi) is 7.47. The van der Waals surface area contributed by atoms with Crippen molar-refractivity contribution in [2.75, 3.05) is 0 Å². The van der Waals surface area contributed by atoms with Gasteiger partial charge in [0.15, 0.2) is 17.5 Å². The molecular formula is C51H40N4. The van der Waals surface area contributed by atoms with Crippen LogP contribution >= 0.6 is 0 Å². The van der Waals surface area contributed by atoms with Crippen molar-refractivity contribution in [2.24, 2.45) is 0 Å². The highest BCUT2D eigenvalue weighted by atomic mass is 15.0. The van der Waals surface area contributed by atoms with Crippen molar-refractivity contribution in [3.8, 4) is 62.1 Å². The molecule has 0 amide bonds. The van der Waals surface area contributed by atoms with Gasteiger partial charge < -0.3 is 4.57 Å². The van der Waals surface area contributed by atoms with E-state index in [1.807, 2.05) is 18.2 Å². The molecule has 4 heteroatoms. The number of rotatable bonds is 5. The summed E-state index contributed by atoms with van der Waals surface area (Å²) in [5.74, 6) is 1.92. The van der Waals surface area contributed by atoms with Crippen LogP contribution in [0.5, 0.6) is 0 Å². The third-order valence-corrected chi connectivity index (χ3v) is 12.2. The lowest BCUT2D eigenvalue weighted by Crippen LogP contribution is -2.43. The van der Waals surface area contributed by atoms with Crippen LogP contribution in [-0.4, -0.2) is 19.5 Å². The Morgan fingerprint density at radius 2 is 0.873 bits per heavy atom. The Labute approximate surface area is 321 Å². The quantitative estimate of drug-likeness (QED) is 0.179. The first-order valence-corrected chi connectivity index (χ1v) is 19.0. The van der Waals surface area contributed by atoms with E-state index in [0.717, 1.165) is 39.0 Å². The number of aromatic nitrogens is 4. The number of hydrogen-bond donors (Lipinski definition) is 0. The van der Waals surface area contributed by atoms with Crippen molar-refractivity contribution < 1.29 is 0 Å². The SMILES string of the molecule is CC1(C)c2ccccc2-c2cc(-c3ccc(-c4nc(-c5ccccc5)nc(-c5ccc6c7ccccc7n(-c7ccccc7)c6c5)n4)cc3)ccc2C1(C)C.